The van der Waals surface area contributed by atoms with E-state index in [0.29, 0.717) is 29.7 Å². The van der Waals surface area contributed by atoms with Gasteiger partial charge in [-0.05, 0) is 25.3 Å². The first-order chi connectivity index (χ1) is 19.7. The smallest absolute Gasteiger partial charge is 0.422 e. The molecule has 3 heterocycles. The fourth-order valence-corrected chi connectivity index (χ4v) is 5.46. The minimum absolute atomic E-state index is 0.00570. The maximum Gasteiger partial charge on any atom is 0.422 e. The lowest BCUT2D eigenvalue weighted by Crippen LogP contribution is -2.49. The normalized spacial score (nSPS) is 22.6. The Balaban J connectivity index is 1.22. The summed E-state index contributed by atoms with van der Waals surface area (Å²) in [5.41, 5.74) is -0.391. The second kappa shape index (κ2) is 10.6. The van der Waals surface area contributed by atoms with Crippen molar-refractivity contribution in [3.8, 4) is 40.0 Å². The Labute approximate surface area is 231 Å². The van der Waals surface area contributed by atoms with Crippen molar-refractivity contribution in [2.45, 2.75) is 50.0 Å². The number of nitrogens with zero attached hydrogens (tertiary/aromatic N) is 3. The van der Waals surface area contributed by atoms with Crippen LogP contribution in [-0.4, -0.2) is 50.2 Å². The van der Waals surface area contributed by atoms with Crippen molar-refractivity contribution < 1.29 is 42.0 Å². The molecule has 4 atom stereocenters. The third-order valence-corrected chi connectivity index (χ3v) is 7.51. The number of carbonyl (C=O) groups is 1. The molecule has 0 saturated heterocycles. The van der Waals surface area contributed by atoms with E-state index in [-0.39, 0.29) is 29.7 Å². The number of nitrogens with one attached hydrogen (secondary N) is 1. The molecule has 2 aliphatic rings. The van der Waals surface area contributed by atoms with Gasteiger partial charge in [-0.15, -0.1) is 0 Å². The predicted molar refractivity (Wildman–Crippen MR) is 136 cm³/mol. The number of carboxylic acid groups (broad SMARTS) is 1. The number of rotatable bonds is 6. The maximum atomic E-state index is 14.0. The standard InChI is InChI=1S/C28H25F3N4O6/c29-28(30,31)21-22(14-5-2-1-3-6-14)34-40-24(21)26-33-25(35-41-26)15-9-10-18-20(12-15)39-13-19(23(18)36)32-17-8-4-7-16(11-17)27(37)38/h1-3,5-6,9-10,12,16-17,19,23,32,36H,4,7-8,11,13H2,(H,37,38)/t16?,17?,19-,23+/m1/s1. The summed E-state index contributed by atoms with van der Waals surface area (Å²) in [5.74, 6) is -2.04. The summed E-state index contributed by atoms with van der Waals surface area (Å²) in [6, 6.07) is 12.1. The average molecular weight is 571 g/mol. The molecule has 10 nitrogen and oxygen atoms in total. The fourth-order valence-electron chi connectivity index (χ4n) is 5.46. The summed E-state index contributed by atoms with van der Waals surface area (Å²) in [7, 11) is 0. The molecule has 13 heteroatoms. The number of carboxylic acids is 1. The van der Waals surface area contributed by atoms with Crippen molar-refractivity contribution in [3.05, 3.63) is 59.7 Å². The van der Waals surface area contributed by atoms with Gasteiger partial charge in [-0.3, -0.25) is 4.79 Å². The number of aromatic nitrogens is 3. The molecule has 0 amide bonds. The van der Waals surface area contributed by atoms with Crippen molar-refractivity contribution >= 4 is 5.97 Å². The van der Waals surface area contributed by atoms with Crippen LogP contribution in [0.25, 0.3) is 34.3 Å². The number of aliphatic hydroxyl groups is 1. The van der Waals surface area contributed by atoms with Crippen LogP contribution in [0.4, 0.5) is 13.2 Å². The monoisotopic (exact) mass is 570 g/mol. The molecule has 214 valence electrons. The van der Waals surface area contributed by atoms with Crippen LogP contribution in [0.3, 0.4) is 0 Å². The van der Waals surface area contributed by atoms with E-state index in [1.54, 1.807) is 36.4 Å². The Bertz CT molecular complexity index is 1550. The van der Waals surface area contributed by atoms with E-state index in [9.17, 15) is 28.2 Å². The molecular weight excluding hydrogens is 545 g/mol. The van der Waals surface area contributed by atoms with Gasteiger partial charge in [0.1, 0.15) is 29.7 Å². The van der Waals surface area contributed by atoms with Crippen LogP contribution in [0.2, 0.25) is 0 Å². The second-order valence-electron chi connectivity index (χ2n) is 10.2. The van der Waals surface area contributed by atoms with Crippen LogP contribution in [0.15, 0.2) is 57.6 Å². The largest absolute Gasteiger partial charge is 0.491 e. The highest BCUT2D eigenvalue weighted by atomic mass is 19.4. The van der Waals surface area contributed by atoms with Gasteiger partial charge in [0.15, 0.2) is 0 Å². The summed E-state index contributed by atoms with van der Waals surface area (Å²) >= 11 is 0. The van der Waals surface area contributed by atoms with Gasteiger partial charge in [-0.2, -0.15) is 18.2 Å². The van der Waals surface area contributed by atoms with Crippen LogP contribution in [0.1, 0.15) is 42.9 Å². The summed E-state index contributed by atoms with van der Waals surface area (Å²) < 4.78 is 58.2. The quantitative estimate of drug-likeness (QED) is 0.286. The average Bonchev–Trinajstić information content (AvgIpc) is 3.63. The minimum atomic E-state index is -4.80. The molecule has 3 N–H and O–H groups in total. The van der Waals surface area contributed by atoms with Gasteiger partial charge in [0.05, 0.1) is 12.0 Å². The van der Waals surface area contributed by atoms with E-state index in [1.807, 2.05) is 0 Å². The van der Waals surface area contributed by atoms with E-state index in [0.717, 1.165) is 12.8 Å². The molecule has 6 rings (SSSR count). The Morgan fingerprint density at radius 2 is 1.83 bits per heavy atom. The zero-order chi connectivity index (χ0) is 28.7. The molecule has 0 spiro atoms. The van der Waals surface area contributed by atoms with E-state index >= 15 is 0 Å². The van der Waals surface area contributed by atoms with Crippen molar-refractivity contribution in [3.63, 3.8) is 0 Å². The van der Waals surface area contributed by atoms with E-state index < -0.39 is 47.4 Å². The maximum absolute atomic E-state index is 14.0. The number of halogens is 3. The number of benzene rings is 2. The highest BCUT2D eigenvalue weighted by Gasteiger charge is 2.43. The SMILES string of the molecule is O=C(O)C1CCCC(N[C@@H]2COc3cc(-c4noc(-c5onc(-c6ccccc6)c5C(F)(F)F)n4)ccc3[C@@H]2O)C1. The van der Waals surface area contributed by atoms with Crippen LogP contribution < -0.4 is 10.1 Å². The minimum Gasteiger partial charge on any atom is -0.491 e. The lowest BCUT2D eigenvalue weighted by molar-refractivity contribution is -0.143. The number of fused-ring (bicyclic) bond motifs is 1. The molecular formula is C28H25F3N4O6. The molecule has 4 aromatic rings. The molecule has 2 unspecified atom stereocenters. The molecule has 1 aliphatic carbocycles. The molecule has 2 aromatic carbocycles. The number of aliphatic hydroxyl groups excluding tert-OH is 1. The second-order valence-corrected chi connectivity index (χ2v) is 10.2. The third-order valence-electron chi connectivity index (χ3n) is 7.51. The number of alkyl halides is 3. The van der Waals surface area contributed by atoms with Crippen LogP contribution >= 0.6 is 0 Å². The molecule has 0 radical (unpaired) electrons. The summed E-state index contributed by atoms with van der Waals surface area (Å²) in [5, 5.41) is 31.2. The third kappa shape index (κ3) is 5.30. The topological polar surface area (TPSA) is 144 Å². The van der Waals surface area contributed by atoms with Crippen LogP contribution in [0, 0.1) is 5.92 Å². The molecule has 1 fully saturated rings. The van der Waals surface area contributed by atoms with Gasteiger partial charge in [0, 0.05) is 22.7 Å². The Hall–Kier alpha value is -4.23. The van der Waals surface area contributed by atoms with Gasteiger partial charge in [0.25, 0.3) is 5.89 Å². The van der Waals surface area contributed by atoms with E-state index in [1.165, 1.54) is 12.1 Å². The van der Waals surface area contributed by atoms with Gasteiger partial charge in [0.2, 0.25) is 11.6 Å². The van der Waals surface area contributed by atoms with Crippen molar-refractivity contribution in [2.24, 2.45) is 5.92 Å². The number of ether oxygens (including phenoxy) is 1. The van der Waals surface area contributed by atoms with Crippen LogP contribution in [0.5, 0.6) is 5.75 Å². The highest BCUT2D eigenvalue weighted by Crippen LogP contribution is 2.43. The van der Waals surface area contributed by atoms with Gasteiger partial charge >= 0.3 is 12.1 Å². The lowest BCUT2D eigenvalue weighted by Gasteiger charge is -2.36. The van der Waals surface area contributed by atoms with E-state index in [4.69, 9.17) is 13.8 Å². The fraction of sp³-hybridized carbons (Fsp3) is 0.357. The zero-order valence-electron chi connectivity index (χ0n) is 21.5. The molecule has 2 aromatic heterocycles. The Morgan fingerprint density at radius 1 is 1.02 bits per heavy atom. The Morgan fingerprint density at radius 3 is 2.59 bits per heavy atom. The molecule has 1 saturated carbocycles. The first-order valence-corrected chi connectivity index (χ1v) is 13.1. The summed E-state index contributed by atoms with van der Waals surface area (Å²) in [6.45, 7) is 0.138. The molecule has 0 bridgehead atoms. The van der Waals surface area contributed by atoms with Crippen molar-refractivity contribution in [2.75, 3.05) is 6.61 Å². The molecule has 41 heavy (non-hydrogen) atoms. The number of hydrogen-bond donors (Lipinski definition) is 3. The van der Waals surface area contributed by atoms with Gasteiger partial charge in [-0.1, -0.05) is 59.2 Å². The van der Waals surface area contributed by atoms with Crippen molar-refractivity contribution in [1.29, 1.82) is 0 Å². The summed E-state index contributed by atoms with van der Waals surface area (Å²) in [4.78, 5) is 15.5. The summed E-state index contributed by atoms with van der Waals surface area (Å²) in [6.07, 6.45) is -2.99. The molecule has 1 aliphatic heterocycles. The number of aliphatic carboxylic acids is 1. The van der Waals surface area contributed by atoms with E-state index in [2.05, 4.69) is 20.6 Å². The van der Waals surface area contributed by atoms with Gasteiger partial charge in [-0.25, -0.2) is 0 Å². The first kappa shape index (κ1) is 27.0. The Kier molecular flexibility index (Phi) is 6.99. The zero-order valence-corrected chi connectivity index (χ0v) is 21.5. The first-order valence-electron chi connectivity index (χ1n) is 13.1. The predicted octanol–water partition coefficient (Wildman–Crippen LogP) is 5.10. The van der Waals surface area contributed by atoms with Crippen molar-refractivity contribution in [1.82, 2.24) is 20.6 Å². The number of hydrogen-bond acceptors (Lipinski definition) is 9. The lowest BCUT2D eigenvalue weighted by atomic mass is 9.85. The van der Waals surface area contributed by atoms with Gasteiger partial charge < -0.3 is 29.3 Å². The van der Waals surface area contributed by atoms with Crippen LogP contribution in [-0.2, 0) is 11.0 Å². The highest BCUT2D eigenvalue weighted by molar-refractivity contribution is 5.71.